The minimum atomic E-state index is -2.24. The molecule has 1 aliphatic carbocycles. The molecule has 3 aliphatic heterocycles. The van der Waals surface area contributed by atoms with Gasteiger partial charge in [-0.1, -0.05) is 75.4 Å². The summed E-state index contributed by atoms with van der Waals surface area (Å²) >= 11 is 0. The molecule has 3 aromatic rings. The Hall–Kier alpha value is -4.67. The van der Waals surface area contributed by atoms with Crippen LogP contribution in [-0.4, -0.2) is 53.6 Å². The number of carbonyl (C=O) groups is 5. The van der Waals surface area contributed by atoms with Crippen LogP contribution in [0, 0.1) is 23.2 Å². The lowest BCUT2D eigenvalue weighted by atomic mass is 9.52. The molecule has 7 rings (SSSR count). The number of benzene rings is 3. The van der Waals surface area contributed by atoms with Gasteiger partial charge >= 0.3 is 0 Å². The number of amides is 5. The summed E-state index contributed by atoms with van der Waals surface area (Å²) in [4.78, 5) is 75.5. The molecule has 10 heteroatoms. The van der Waals surface area contributed by atoms with E-state index in [0.717, 1.165) is 9.80 Å². The van der Waals surface area contributed by atoms with E-state index in [0.29, 0.717) is 22.6 Å². The molecule has 5 amide bonds. The molecule has 4 aliphatic rings. The Morgan fingerprint density at radius 2 is 1.37 bits per heavy atom. The third kappa shape index (κ3) is 3.80. The quantitative estimate of drug-likeness (QED) is 0.347. The van der Waals surface area contributed by atoms with Gasteiger partial charge in [-0.2, -0.15) is 0 Å². The third-order valence-corrected chi connectivity index (χ3v) is 10.2. The molecule has 0 aromatic heterocycles. The van der Waals surface area contributed by atoms with Crippen LogP contribution in [0.3, 0.4) is 0 Å². The topological polar surface area (TPSA) is 125 Å². The van der Waals surface area contributed by atoms with E-state index in [2.05, 4.69) is 0 Å². The number of para-hydroxylation sites is 3. The number of carbonyl (C=O) groups excluding carboxylic acids is 5. The third-order valence-electron chi connectivity index (χ3n) is 10.2. The van der Waals surface area contributed by atoms with E-state index in [9.17, 15) is 29.1 Å². The monoisotopic (exact) mass is 621 g/mol. The Kier molecular flexibility index (Phi) is 6.63. The molecule has 0 radical (unpaired) electrons. The molecule has 1 N–H and O–H groups in total. The van der Waals surface area contributed by atoms with Gasteiger partial charge < -0.3 is 14.7 Å². The van der Waals surface area contributed by atoms with Crippen LogP contribution in [-0.2, 0) is 34.1 Å². The molecule has 1 saturated carbocycles. The van der Waals surface area contributed by atoms with Crippen molar-refractivity contribution >= 4 is 46.6 Å². The lowest BCUT2D eigenvalue weighted by Gasteiger charge is -2.56. The molecular weight excluding hydrogens is 586 g/mol. The van der Waals surface area contributed by atoms with E-state index in [1.54, 1.807) is 106 Å². The molecule has 2 unspecified atom stereocenters. The first kappa shape index (κ1) is 30.0. The highest BCUT2D eigenvalue weighted by molar-refractivity contribution is 6.24. The summed E-state index contributed by atoms with van der Waals surface area (Å²) in [5.74, 6) is -8.16. The average molecular weight is 622 g/mol. The highest BCUT2D eigenvalue weighted by atomic mass is 16.6. The first-order chi connectivity index (χ1) is 21.9. The largest absolute Gasteiger partial charge is 0.365 e. The Morgan fingerprint density at radius 1 is 0.804 bits per heavy atom. The van der Waals surface area contributed by atoms with Crippen LogP contribution in [0.25, 0.3) is 0 Å². The van der Waals surface area contributed by atoms with Crippen molar-refractivity contribution in [3.8, 4) is 0 Å². The van der Waals surface area contributed by atoms with Crippen LogP contribution in [0.2, 0.25) is 0 Å². The maximum Gasteiger partial charge on any atom is 0.239 e. The molecule has 3 heterocycles. The minimum Gasteiger partial charge on any atom is -0.365 e. The maximum absolute atomic E-state index is 14.6. The summed E-state index contributed by atoms with van der Waals surface area (Å²) in [7, 11) is 1.29. The number of hydrogen-bond donors (Lipinski definition) is 1. The van der Waals surface area contributed by atoms with Crippen LogP contribution in [0.4, 0.5) is 17.1 Å². The molecule has 236 valence electrons. The van der Waals surface area contributed by atoms with Crippen molar-refractivity contribution in [1.29, 1.82) is 0 Å². The lowest BCUT2D eigenvalue weighted by Crippen LogP contribution is -2.73. The fraction of sp³-hybridized carbons (Fsp3) is 0.361. The van der Waals surface area contributed by atoms with Crippen molar-refractivity contribution in [2.45, 2.75) is 50.9 Å². The molecular formula is C36H35N3O7. The van der Waals surface area contributed by atoms with Gasteiger partial charge in [0.05, 0.1) is 40.6 Å². The standard InChI is InChI=1S/C36H35N3O7/c1-34(2,3)33(44)39-26-18-12-11-17-24(26)36(25-19-27(40)37(31(25)42)21-13-7-5-8-14-21)29(39)28-23(20-35(36,45)46-4)30(41)38(32(28)43)22-15-9-6-10-16-22/h5-18,23,25,28-29,45H,19-20H2,1-4H3/t23-,25?,28-,29-,35?,36+/m1/s1. The van der Waals surface area contributed by atoms with Gasteiger partial charge in [0.15, 0.2) is 5.79 Å². The SMILES string of the molecule is COC1(O)C[C@H]2C(=O)N(c3ccccc3)C(=O)[C@H]2[C@H]2N(C(=O)C(C)(C)C)c3ccccc3[C@]21C1CC(=O)N(c2ccccc2)C1=O. The molecule has 3 fully saturated rings. The van der Waals surface area contributed by atoms with E-state index >= 15 is 0 Å². The zero-order valence-electron chi connectivity index (χ0n) is 26.0. The number of aliphatic hydroxyl groups is 1. The average Bonchev–Trinajstić information content (AvgIpc) is 3.61. The summed E-state index contributed by atoms with van der Waals surface area (Å²) in [5.41, 5.74) is -1.19. The molecule has 2 saturated heterocycles. The lowest BCUT2D eigenvalue weighted by molar-refractivity contribution is -0.273. The van der Waals surface area contributed by atoms with Crippen LogP contribution in [0.5, 0.6) is 0 Å². The number of nitrogens with zero attached hydrogens (tertiary/aromatic N) is 3. The number of imide groups is 2. The summed E-state index contributed by atoms with van der Waals surface area (Å²) in [6, 6.07) is 22.7. The highest BCUT2D eigenvalue weighted by Gasteiger charge is 2.78. The number of ether oxygens (including phenoxy) is 1. The van der Waals surface area contributed by atoms with Gasteiger partial charge in [0.1, 0.15) is 0 Å². The first-order valence-electron chi connectivity index (χ1n) is 15.4. The Bertz CT molecular complexity index is 1790. The minimum absolute atomic E-state index is 0.302. The van der Waals surface area contributed by atoms with Gasteiger partial charge in [0.2, 0.25) is 29.5 Å². The molecule has 10 nitrogen and oxygen atoms in total. The van der Waals surface area contributed by atoms with Gasteiger partial charge in [0.25, 0.3) is 0 Å². The number of rotatable bonds is 4. The van der Waals surface area contributed by atoms with Crippen molar-refractivity contribution in [3.05, 3.63) is 90.5 Å². The van der Waals surface area contributed by atoms with Gasteiger partial charge in [-0.05, 0) is 35.9 Å². The maximum atomic E-state index is 14.6. The van der Waals surface area contributed by atoms with Gasteiger partial charge in [-0.3, -0.25) is 28.9 Å². The van der Waals surface area contributed by atoms with E-state index in [4.69, 9.17) is 4.74 Å². The van der Waals surface area contributed by atoms with E-state index in [-0.39, 0.29) is 18.7 Å². The Labute approximate surface area is 266 Å². The fourth-order valence-corrected chi connectivity index (χ4v) is 8.40. The molecule has 46 heavy (non-hydrogen) atoms. The highest BCUT2D eigenvalue weighted by Crippen LogP contribution is 2.66. The summed E-state index contributed by atoms with van der Waals surface area (Å²) < 4.78 is 5.99. The van der Waals surface area contributed by atoms with Gasteiger partial charge in [-0.15, -0.1) is 0 Å². The number of fused-ring (bicyclic) bond motifs is 5. The molecule has 3 aromatic carbocycles. The van der Waals surface area contributed by atoms with Crippen molar-refractivity contribution in [3.63, 3.8) is 0 Å². The van der Waals surface area contributed by atoms with E-state index in [1.165, 1.54) is 12.0 Å². The zero-order valence-corrected chi connectivity index (χ0v) is 26.0. The summed E-state index contributed by atoms with van der Waals surface area (Å²) in [5, 5.41) is 12.9. The number of anilines is 3. The smallest absolute Gasteiger partial charge is 0.239 e. The van der Waals surface area contributed by atoms with Crippen molar-refractivity contribution in [2.75, 3.05) is 21.8 Å². The second kappa shape index (κ2) is 10.2. The van der Waals surface area contributed by atoms with Crippen molar-refractivity contribution in [1.82, 2.24) is 0 Å². The normalized spacial score (nSPS) is 30.5. The fourth-order valence-electron chi connectivity index (χ4n) is 8.40. The zero-order chi connectivity index (χ0) is 32.8. The number of methoxy groups -OCH3 is 1. The predicted octanol–water partition coefficient (Wildman–Crippen LogP) is 3.81. The predicted molar refractivity (Wildman–Crippen MR) is 168 cm³/mol. The van der Waals surface area contributed by atoms with Gasteiger partial charge in [-0.25, -0.2) is 4.90 Å². The van der Waals surface area contributed by atoms with Crippen LogP contribution in [0.1, 0.15) is 39.2 Å². The summed E-state index contributed by atoms with van der Waals surface area (Å²) in [6.07, 6.45) is -0.628. The molecule has 0 bridgehead atoms. The number of hydrogen-bond acceptors (Lipinski definition) is 7. The Morgan fingerprint density at radius 3 is 1.96 bits per heavy atom. The van der Waals surface area contributed by atoms with Crippen molar-refractivity contribution < 1.29 is 33.8 Å². The second-order valence-corrected chi connectivity index (χ2v) is 13.6. The van der Waals surface area contributed by atoms with Crippen molar-refractivity contribution in [2.24, 2.45) is 23.2 Å². The van der Waals surface area contributed by atoms with Gasteiger partial charge in [0, 0.05) is 31.1 Å². The second-order valence-electron chi connectivity index (χ2n) is 13.6. The Balaban J connectivity index is 1.51. The summed E-state index contributed by atoms with van der Waals surface area (Å²) in [6.45, 7) is 5.25. The first-order valence-corrected chi connectivity index (χ1v) is 15.4. The van der Waals surface area contributed by atoms with Crippen LogP contribution >= 0.6 is 0 Å². The van der Waals surface area contributed by atoms with E-state index in [1.807, 2.05) is 0 Å². The molecule has 0 spiro atoms. The molecule has 6 atom stereocenters. The van der Waals surface area contributed by atoms with E-state index < -0.39 is 64.0 Å². The van der Waals surface area contributed by atoms with Crippen LogP contribution in [0.15, 0.2) is 84.9 Å². The van der Waals surface area contributed by atoms with Crippen LogP contribution < -0.4 is 14.7 Å².